The van der Waals surface area contributed by atoms with Crippen molar-refractivity contribution in [1.29, 1.82) is 0 Å². The summed E-state index contributed by atoms with van der Waals surface area (Å²) in [7, 11) is -7.47. The van der Waals surface area contributed by atoms with Gasteiger partial charge in [-0.15, -0.1) is 15.7 Å². The fourth-order valence-corrected chi connectivity index (χ4v) is 8.05. The van der Waals surface area contributed by atoms with Gasteiger partial charge in [-0.3, -0.25) is 4.79 Å². The smallest absolute Gasteiger partial charge is 0.287 e. The van der Waals surface area contributed by atoms with E-state index in [9.17, 15) is 26.7 Å². The zero-order valence-electron chi connectivity index (χ0n) is 19.8. The van der Waals surface area contributed by atoms with Crippen LogP contribution < -0.4 is 5.32 Å². The van der Waals surface area contributed by atoms with Gasteiger partial charge in [-0.25, -0.2) is 8.42 Å². The first kappa shape index (κ1) is 25.2. The molecule has 2 unspecified atom stereocenters. The lowest BCUT2D eigenvalue weighted by Gasteiger charge is -2.39. The van der Waals surface area contributed by atoms with Gasteiger partial charge in [0.25, 0.3) is 15.9 Å². The number of fused-ring (bicyclic) bond motifs is 2. The van der Waals surface area contributed by atoms with E-state index in [2.05, 4.69) is 30.5 Å². The number of amides is 1. The second-order valence-electron chi connectivity index (χ2n) is 10.5. The van der Waals surface area contributed by atoms with Gasteiger partial charge in [0.1, 0.15) is 31.1 Å². The number of hydrogen-bond acceptors (Lipinski definition) is 8. The van der Waals surface area contributed by atoms with Gasteiger partial charge in [-0.05, 0) is 42.0 Å². The highest BCUT2D eigenvalue weighted by Crippen LogP contribution is 2.43. The molecule has 1 amide bonds. The first-order chi connectivity index (χ1) is 15.7. The molecule has 4 rings (SSSR count). The molecule has 1 fully saturated rings. The largest absolute Gasteiger partial charge is 0.511 e. The number of carbonyl (C=O) groups is 1. The maximum atomic E-state index is 13.6. The van der Waals surface area contributed by atoms with Crippen LogP contribution in [0.5, 0.6) is 0 Å². The van der Waals surface area contributed by atoms with Crippen LogP contribution in [0.2, 0.25) is 0 Å². The molecule has 2 aliphatic heterocycles. The summed E-state index contributed by atoms with van der Waals surface area (Å²) in [5, 5.41) is 15.9. The third kappa shape index (κ3) is 4.90. The number of hydrogen-bond donors (Lipinski definition) is 2. The standard InChI is InChI=1S/C22H31N3O6S3/c1-22(2,3)9-10-25-15-7-5-6-14(15)17(26)16(21(25)27)19-23-20-18(34(30,31)24-19)13(12-32-20)8-11-33(4,28)29/h12,14-15,26H,5-11H2,1-4H3,(H,23,24). The van der Waals surface area contributed by atoms with Crippen molar-refractivity contribution >= 4 is 47.9 Å². The number of carbonyl (C=O) groups excluding carboxylic acids is 1. The van der Waals surface area contributed by atoms with Crippen molar-refractivity contribution in [2.24, 2.45) is 15.7 Å². The highest BCUT2D eigenvalue weighted by atomic mass is 32.2. The third-order valence-electron chi connectivity index (χ3n) is 6.56. The number of aliphatic hydroxyl groups is 1. The van der Waals surface area contributed by atoms with Crippen molar-refractivity contribution in [2.45, 2.75) is 63.8 Å². The van der Waals surface area contributed by atoms with Crippen LogP contribution >= 0.6 is 11.3 Å². The number of nitrogens with zero attached hydrogens (tertiary/aromatic N) is 2. The number of thiophene rings is 1. The Morgan fingerprint density at radius 2 is 2.00 bits per heavy atom. The molecule has 3 heterocycles. The Morgan fingerprint density at radius 3 is 2.65 bits per heavy atom. The summed E-state index contributed by atoms with van der Waals surface area (Å²) in [6.45, 7) is 6.81. The van der Waals surface area contributed by atoms with Crippen LogP contribution in [-0.2, 0) is 31.1 Å². The normalized spacial score (nSPS) is 24.5. The van der Waals surface area contributed by atoms with Crippen molar-refractivity contribution in [3.05, 3.63) is 22.3 Å². The quantitative estimate of drug-likeness (QED) is 0.578. The zero-order chi connectivity index (χ0) is 25.1. The Kier molecular flexibility index (Phi) is 6.39. The van der Waals surface area contributed by atoms with Crippen LogP contribution in [0, 0.1) is 11.3 Å². The number of amidine groups is 1. The van der Waals surface area contributed by atoms with Gasteiger partial charge in [-0.2, -0.15) is 8.42 Å². The Bertz CT molecular complexity index is 1290. The molecule has 34 heavy (non-hydrogen) atoms. The lowest BCUT2D eigenvalue weighted by atomic mass is 9.87. The molecule has 1 aliphatic carbocycles. The maximum Gasteiger partial charge on any atom is 0.287 e. The molecule has 0 spiro atoms. The summed E-state index contributed by atoms with van der Waals surface area (Å²) >= 11 is 1.11. The Balaban J connectivity index is 1.70. The molecule has 0 aromatic carbocycles. The topological polar surface area (TPSA) is 133 Å². The van der Waals surface area contributed by atoms with E-state index in [0.29, 0.717) is 12.1 Å². The second-order valence-corrected chi connectivity index (χ2v) is 15.2. The van der Waals surface area contributed by atoms with Gasteiger partial charge in [0.15, 0.2) is 5.84 Å². The van der Waals surface area contributed by atoms with Crippen molar-refractivity contribution < 1.29 is 26.7 Å². The molecule has 0 bridgehead atoms. The molecular weight excluding hydrogens is 498 g/mol. The predicted octanol–water partition coefficient (Wildman–Crippen LogP) is 3.11. The van der Waals surface area contributed by atoms with E-state index in [4.69, 9.17) is 0 Å². The van der Waals surface area contributed by atoms with E-state index >= 15 is 0 Å². The monoisotopic (exact) mass is 529 g/mol. The first-order valence-electron chi connectivity index (χ1n) is 11.3. The fourth-order valence-electron chi connectivity index (χ4n) is 4.79. The van der Waals surface area contributed by atoms with Crippen LogP contribution in [0.1, 0.15) is 52.0 Å². The molecule has 3 aliphatic rings. The van der Waals surface area contributed by atoms with Crippen molar-refractivity contribution in [3.63, 3.8) is 0 Å². The second kappa shape index (κ2) is 8.63. The van der Waals surface area contributed by atoms with Gasteiger partial charge in [0.2, 0.25) is 0 Å². The van der Waals surface area contributed by atoms with Crippen molar-refractivity contribution in [3.8, 4) is 0 Å². The number of nitrogens with one attached hydrogen (secondary N) is 1. The minimum atomic E-state index is -4.19. The Hall–Kier alpha value is -1.92. The minimum Gasteiger partial charge on any atom is -0.511 e. The first-order valence-corrected chi connectivity index (χ1v) is 15.7. The molecule has 9 nitrogen and oxygen atoms in total. The molecule has 12 heteroatoms. The minimum absolute atomic E-state index is 0.00986. The highest BCUT2D eigenvalue weighted by Gasteiger charge is 2.47. The average Bonchev–Trinajstić information content (AvgIpc) is 3.32. The summed E-state index contributed by atoms with van der Waals surface area (Å²) in [5.74, 6) is -1.10. The van der Waals surface area contributed by atoms with Gasteiger partial charge in [-0.1, -0.05) is 27.2 Å². The summed E-state index contributed by atoms with van der Waals surface area (Å²) in [6, 6.07) is -0.0979. The Morgan fingerprint density at radius 1 is 1.29 bits per heavy atom. The highest BCUT2D eigenvalue weighted by molar-refractivity contribution is 7.91. The molecule has 1 aromatic rings. The number of sulfonamides is 1. The van der Waals surface area contributed by atoms with Gasteiger partial charge >= 0.3 is 0 Å². The molecule has 0 radical (unpaired) electrons. The summed E-state index contributed by atoms with van der Waals surface area (Å²) < 4.78 is 53.2. The van der Waals surface area contributed by atoms with Gasteiger partial charge < -0.3 is 15.3 Å². The van der Waals surface area contributed by atoms with E-state index in [0.717, 1.165) is 43.3 Å². The molecule has 1 aromatic heterocycles. The van der Waals surface area contributed by atoms with E-state index in [1.165, 1.54) is 0 Å². The number of anilines is 1. The fraction of sp³-hybridized carbons (Fsp3) is 0.636. The lowest BCUT2D eigenvalue weighted by molar-refractivity contribution is -0.131. The summed E-state index contributed by atoms with van der Waals surface area (Å²) in [4.78, 5) is 15.3. The predicted molar refractivity (Wildman–Crippen MR) is 133 cm³/mol. The van der Waals surface area contributed by atoms with E-state index in [-0.39, 0.29) is 56.6 Å². The molecule has 188 valence electrons. The van der Waals surface area contributed by atoms with Crippen molar-refractivity contribution in [1.82, 2.24) is 4.90 Å². The van der Waals surface area contributed by atoms with Crippen LogP contribution in [0.4, 0.5) is 5.00 Å². The SMILES string of the molecule is CC(C)(C)CCN1C(=O)C(C2=NS(=O)(=O)c3c(CCS(C)(=O)=O)csc3N2)=C(O)C2CCCC21. The molecular formula is C22H31N3O6S3. The maximum absolute atomic E-state index is 13.6. The molecule has 2 atom stereocenters. The zero-order valence-corrected chi connectivity index (χ0v) is 22.2. The summed E-state index contributed by atoms with van der Waals surface area (Å²) in [6.07, 6.45) is 4.32. The number of sulfone groups is 1. The molecule has 0 saturated heterocycles. The van der Waals surface area contributed by atoms with E-state index in [1.54, 1.807) is 10.3 Å². The third-order valence-corrected chi connectivity index (χ3v) is 9.99. The Labute approximate surface area is 204 Å². The molecule has 1 saturated carbocycles. The van der Waals surface area contributed by atoms with Crippen LogP contribution in [0.25, 0.3) is 0 Å². The number of rotatable bonds is 6. The average molecular weight is 530 g/mol. The number of aryl methyl sites for hydroxylation is 1. The lowest BCUT2D eigenvalue weighted by Crippen LogP contribution is -2.51. The summed E-state index contributed by atoms with van der Waals surface area (Å²) in [5.41, 5.74) is 0.296. The van der Waals surface area contributed by atoms with Gasteiger partial charge in [0.05, 0.1) is 5.75 Å². The van der Waals surface area contributed by atoms with E-state index < -0.39 is 25.8 Å². The van der Waals surface area contributed by atoms with Crippen LogP contribution in [0.3, 0.4) is 0 Å². The van der Waals surface area contributed by atoms with Gasteiger partial charge in [0, 0.05) is 24.8 Å². The molecule has 2 N–H and O–H groups in total. The van der Waals surface area contributed by atoms with E-state index in [1.807, 2.05) is 0 Å². The van der Waals surface area contributed by atoms with Crippen LogP contribution in [0.15, 0.2) is 26.0 Å². The number of aliphatic hydroxyl groups excluding tert-OH is 1. The van der Waals surface area contributed by atoms with Crippen LogP contribution in [-0.4, -0.2) is 63.2 Å². The van der Waals surface area contributed by atoms with Crippen molar-refractivity contribution in [2.75, 3.05) is 23.9 Å².